The van der Waals surface area contributed by atoms with E-state index in [4.69, 9.17) is 5.73 Å². The Morgan fingerprint density at radius 1 is 1.37 bits per heavy atom. The lowest BCUT2D eigenvalue weighted by Gasteiger charge is -2.26. The van der Waals surface area contributed by atoms with Gasteiger partial charge in [-0.25, -0.2) is 0 Å². The van der Waals surface area contributed by atoms with Gasteiger partial charge in [-0.1, -0.05) is 6.92 Å². The number of nitrogens with zero attached hydrogens (tertiary/aromatic N) is 2. The van der Waals surface area contributed by atoms with Gasteiger partial charge in [0.15, 0.2) is 0 Å². The van der Waals surface area contributed by atoms with Crippen molar-refractivity contribution in [3.8, 4) is 0 Å². The smallest absolute Gasteiger partial charge is 0.254 e. The summed E-state index contributed by atoms with van der Waals surface area (Å²) in [5.41, 5.74) is 7.64. The zero-order chi connectivity index (χ0) is 14.0. The van der Waals surface area contributed by atoms with Gasteiger partial charge in [-0.05, 0) is 36.6 Å². The second kappa shape index (κ2) is 5.61. The van der Waals surface area contributed by atoms with Gasteiger partial charge in [-0.15, -0.1) is 0 Å². The van der Waals surface area contributed by atoms with Gasteiger partial charge >= 0.3 is 0 Å². The zero-order valence-electron chi connectivity index (χ0n) is 12.0. The molecule has 4 heteroatoms. The van der Waals surface area contributed by atoms with E-state index in [-0.39, 0.29) is 11.9 Å². The van der Waals surface area contributed by atoms with Crippen LogP contribution in [0.1, 0.15) is 23.7 Å². The Hall–Kier alpha value is -1.55. The van der Waals surface area contributed by atoms with Crippen molar-refractivity contribution in [2.24, 2.45) is 11.7 Å². The van der Waals surface area contributed by atoms with Crippen molar-refractivity contribution < 1.29 is 4.79 Å². The summed E-state index contributed by atoms with van der Waals surface area (Å²) in [7, 11) is 3.98. The lowest BCUT2D eigenvalue weighted by Crippen LogP contribution is -2.42. The maximum atomic E-state index is 12.5. The first kappa shape index (κ1) is 13.9. The minimum absolute atomic E-state index is 0.102. The predicted molar refractivity (Wildman–Crippen MR) is 78.4 cm³/mol. The molecule has 0 saturated carbocycles. The standard InChI is InChI=1S/C15H23N3O/c1-11-8-9-18(14(11)10-16)15(19)12-4-6-13(7-5-12)17(2)3/h4-7,11,14H,8-10,16H2,1-3H3. The number of hydrogen-bond donors (Lipinski definition) is 1. The average molecular weight is 261 g/mol. The van der Waals surface area contributed by atoms with Crippen LogP contribution in [0.4, 0.5) is 5.69 Å². The van der Waals surface area contributed by atoms with Crippen LogP contribution >= 0.6 is 0 Å². The minimum Gasteiger partial charge on any atom is -0.378 e. The van der Waals surface area contributed by atoms with Crippen LogP contribution in [0.2, 0.25) is 0 Å². The van der Waals surface area contributed by atoms with Gasteiger partial charge in [0.25, 0.3) is 5.91 Å². The molecule has 1 heterocycles. The van der Waals surface area contributed by atoms with E-state index in [0.717, 1.165) is 24.2 Å². The lowest BCUT2D eigenvalue weighted by atomic mass is 10.0. The molecule has 1 aromatic carbocycles. The van der Waals surface area contributed by atoms with Crippen molar-refractivity contribution in [2.75, 3.05) is 32.1 Å². The molecule has 1 aliphatic rings. The molecule has 2 unspecified atom stereocenters. The minimum atomic E-state index is 0.102. The molecule has 0 spiro atoms. The number of amides is 1. The van der Waals surface area contributed by atoms with E-state index in [1.165, 1.54) is 0 Å². The summed E-state index contributed by atoms with van der Waals surface area (Å²) in [6, 6.07) is 7.93. The Morgan fingerprint density at radius 3 is 2.53 bits per heavy atom. The Kier molecular flexibility index (Phi) is 4.10. The number of likely N-dealkylation sites (tertiary alicyclic amines) is 1. The molecule has 1 aliphatic heterocycles. The lowest BCUT2D eigenvalue weighted by molar-refractivity contribution is 0.0727. The highest BCUT2D eigenvalue weighted by Gasteiger charge is 2.33. The second-order valence-corrected chi connectivity index (χ2v) is 5.51. The third-order valence-corrected chi connectivity index (χ3v) is 4.02. The van der Waals surface area contributed by atoms with E-state index in [0.29, 0.717) is 12.5 Å². The summed E-state index contributed by atoms with van der Waals surface area (Å²) >= 11 is 0. The molecule has 104 valence electrons. The topological polar surface area (TPSA) is 49.6 Å². The van der Waals surface area contributed by atoms with E-state index < -0.39 is 0 Å². The van der Waals surface area contributed by atoms with Crippen LogP contribution in [0.25, 0.3) is 0 Å². The molecule has 2 N–H and O–H groups in total. The molecule has 19 heavy (non-hydrogen) atoms. The van der Waals surface area contributed by atoms with Gasteiger partial charge < -0.3 is 15.5 Å². The van der Waals surface area contributed by atoms with Gasteiger partial charge in [0.05, 0.1) is 0 Å². The predicted octanol–water partition coefficient (Wildman–Crippen LogP) is 1.56. The summed E-state index contributed by atoms with van der Waals surface area (Å²) in [6.07, 6.45) is 1.05. The molecule has 1 amide bonds. The monoisotopic (exact) mass is 261 g/mol. The van der Waals surface area contributed by atoms with Gasteiger partial charge in [-0.3, -0.25) is 4.79 Å². The molecule has 2 rings (SSSR count). The normalized spacial score (nSPS) is 22.6. The van der Waals surface area contributed by atoms with E-state index in [2.05, 4.69) is 6.92 Å². The molecule has 2 atom stereocenters. The van der Waals surface area contributed by atoms with Gasteiger partial charge in [0.1, 0.15) is 0 Å². The van der Waals surface area contributed by atoms with Crippen molar-refractivity contribution in [1.29, 1.82) is 0 Å². The molecule has 0 bridgehead atoms. The largest absolute Gasteiger partial charge is 0.378 e. The Morgan fingerprint density at radius 2 is 2.00 bits per heavy atom. The zero-order valence-corrected chi connectivity index (χ0v) is 12.0. The molecule has 0 aromatic heterocycles. The second-order valence-electron chi connectivity index (χ2n) is 5.51. The molecule has 4 nitrogen and oxygen atoms in total. The fraction of sp³-hybridized carbons (Fsp3) is 0.533. The Bertz CT molecular complexity index is 441. The Labute approximate surface area is 115 Å². The first-order valence-corrected chi connectivity index (χ1v) is 6.83. The van der Waals surface area contributed by atoms with Crippen LogP contribution in [0, 0.1) is 5.92 Å². The van der Waals surface area contributed by atoms with Crippen molar-refractivity contribution in [3.05, 3.63) is 29.8 Å². The van der Waals surface area contributed by atoms with Crippen molar-refractivity contribution in [3.63, 3.8) is 0 Å². The van der Waals surface area contributed by atoms with E-state index in [9.17, 15) is 4.79 Å². The molecule has 1 saturated heterocycles. The summed E-state index contributed by atoms with van der Waals surface area (Å²) in [4.78, 5) is 16.4. The first-order valence-electron chi connectivity index (χ1n) is 6.83. The number of carbonyl (C=O) groups excluding carboxylic acids is 1. The first-order chi connectivity index (χ1) is 9.04. The highest BCUT2D eigenvalue weighted by Crippen LogP contribution is 2.25. The SMILES string of the molecule is CC1CCN(C(=O)c2ccc(N(C)C)cc2)C1CN. The van der Waals surface area contributed by atoms with Gasteiger partial charge in [0.2, 0.25) is 0 Å². The third kappa shape index (κ3) is 2.73. The Balaban J connectivity index is 2.15. The number of carbonyl (C=O) groups is 1. The number of benzene rings is 1. The molecule has 0 radical (unpaired) electrons. The fourth-order valence-corrected chi connectivity index (χ4v) is 2.69. The highest BCUT2D eigenvalue weighted by atomic mass is 16.2. The quantitative estimate of drug-likeness (QED) is 0.898. The van der Waals surface area contributed by atoms with E-state index in [1.54, 1.807) is 0 Å². The highest BCUT2D eigenvalue weighted by molar-refractivity contribution is 5.95. The van der Waals surface area contributed by atoms with E-state index >= 15 is 0 Å². The maximum absolute atomic E-state index is 12.5. The van der Waals surface area contributed by atoms with Crippen LogP contribution in [-0.2, 0) is 0 Å². The summed E-state index contributed by atoms with van der Waals surface area (Å²) in [5, 5.41) is 0. The van der Waals surface area contributed by atoms with E-state index in [1.807, 2.05) is 48.2 Å². The van der Waals surface area contributed by atoms with Crippen LogP contribution in [0.3, 0.4) is 0 Å². The number of anilines is 1. The maximum Gasteiger partial charge on any atom is 0.254 e. The number of nitrogens with two attached hydrogens (primary N) is 1. The van der Waals surface area contributed by atoms with Crippen LogP contribution in [-0.4, -0.2) is 44.0 Å². The summed E-state index contributed by atoms with van der Waals surface area (Å²) in [6.45, 7) is 3.53. The molecule has 1 fully saturated rings. The van der Waals surface area contributed by atoms with Crippen LogP contribution in [0.5, 0.6) is 0 Å². The molecular formula is C15H23N3O. The van der Waals surface area contributed by atoms with Gasteiger partial charge in [0, 0.05) is 44.5 Å². The van der Waals surface area contributed by atoms with Gasteiger partial charge in [-0.2, -0.15) is 0 Å². The summed E-state index contributed by atoms with van der Waals surface area (Å²) in [5.74, 6) is 0.597. The van der Waals surface area contributed by atoms with Crippen molar-refractivity contribution >= 4 is 11.6 Å². The summed E-state index contributed by atoms with van der Waals surface area (Å²) < 4.78 is 0. The molecule has 1 aromatic rings. The fourth-order valence-electron chi connectivity index (χ4n) is 2.69. The third-order valence-electron chi connectivity index (χ3n) is 4.02. The number of hydrogen-bond acceptors (Lipinski definition) is 3. The number of rotatable bonds is 3. The van der Waals surface area contributed by atoms with Crippen molar-refractivity contribution in [1.82, 2.24) is 4.90 Å². The van der Waals surface area contributed by atoms with Crippen LogP contribution < -0.4 is 10.6 Å². The molecule has 0 aliphatic carbocycles. The van der Waals surface area contributed by atoms with Crippen molar-refractivity contribution in [2.45, 2.75) is 19.4 Å². The van der Waals surface area contributed by atoms with Crippen LogP contribution in [0.15, 0.2) is 24.3 Å². The molecular weight excluding hydrogens is 238 g/mol. The average Bonchev–Trinajstić information content (AvgIpc) is 2.79.